The van der Waals surface area contributed by atoms with Crippen LogP contribution >= 0.6 is 11.6 Å². The van der Waals surface area contributed by atoms with E-state index in [4.69, 9.17) is 21.1 Å². The van der Waals surface area contributed by atoms with Gasteiger partial charge < -0.3 is 9.47 Å². The summed E-state index contributed by atoms with van der Waals surface area (Å²) < 4.78 is 10.7. The SMILES string of the molecule is ClCCCCOC1CCCO1. The van der Waals surface area contributed by atoms with Crippen LogP contribution in [0.3, 0.4) is 0 Å². The molecule has 1 aliphatic rings. The Kier molecular flexibility index (Phi) is 4.91. The Morgan fingerprint density at radius 1 is 1.45 bits per heavy atom. The van der Waals surface area contributed by atoms with Crippen molar-refractivity contribution >= 4 is 11.6 Å². The summed E-state index contributed by atoms with van der Waals surface area (Å²) in [7, 11) is 0. The molecular formula is C8H15ClO2. The Hall–Kier alpha value is 0.210. The molecule has 0 N–H and O–H groups in total. The first-order valence-electron chi connectivity index (χ1n) is 4.22. The van der Waals surface area contributed by atoms with E-state index in [1.54, 1.807) is 0 Å². The maximum Gasteiger partial charge on any atom is 0.157 e. The fraction of sp³-hybridized carbons (Fsp3) is 1.00. The summed E-state index contributed by atoms with van der Waals surface area (Å²) in [6.45, 7) is 1.65. The number of halogens is 1. The summed E-state index contributed by atoms with van der Waals surface area (Å²) in [5.74, 6) is 0.731. The third kappa shape index (κ3) is 3.94. The second kappa shape index (κ2) is 5.81. The maximum atomic E-state index is 5.51. The number of alkyl halides is 1. The minimum Gasteiger partial charge on any atom is -0.353 e. The van der Waals surface area contributed by atoms with Gasteiger partial charge in [0.05, 0.1) is 0 Å². The molecule has 0 amide bonds. The van der Waals surface area contributed by atoms with Crippen molar-refractivity contribution in [3.63, 3.8) is 0 Å². The van der Waals surface area contributed by atoms with Crippen molar-refractivity contribution in [3.8, 4) is 0 Å². The standard InChI is InChI=1S/C8H15ClO2/c9-5-1-2-6-10-8-4-3-7-11-8/h8H,1-7H2. The van der Waals surface area contributed by atoms with E-state index in [1.165, 1.54) is 0 Å². The highest BCUT2D eigenvalue weighted by Crippen LogP contribution is 2.13. The van der Waals surface area contributed by atoms with Gasteiger partial charge >= 0.3 is 0 Å². The molecule has 66 valence electrons. The topological polar surface area (TPSA) is 18.5 Å². The molecule has 1 saturated heterocycles. The Bertz CT molecular complexity index is 92.1. The van der Waals surface area contributed by atoms with E-state index in [0.717, 1.165) is 44.8 Å². The molecule has 0 spiro atoms. The molecule has 0 saturated carbocycles. The summed E-state index contributed by atoms with van der Waals surface area (Å²) in [4.78, 5) is 0. The van der Waals surface area contributed by atoms with Crippen molar-refractivity contribution in [2.24, 2.45) is 0 Å². The lowest BCUT2D eigenvalue weighted by Crippen LogP contribution is -2.11. The van der Waals surface area contributed by atoms with Crippen LogP contribution in [-0.2, 0) is 9.47 Å². The number of rotatable bonds is 5. The molecule has 1 heterocycles. The van der Waals surface area contributed by atoms with Crippen molar-refractivity contribution in [2.45, 2.75) is 32.0 Å². The predicted molar refractivity (Wildman–Crippen MR) is 44.9 cm³/mol. The van der Waals surface area contributed by atoms with Crippen LogP contribution in [0.5, 0.6) is 0 Å². The zero-order valence-electron chi connectivity index (χ0n) is 6.72. The van der Waals surface area contributed by atoms with E-state index in [-0.39, 0.29) is 6.29 Å². The van der Waals surface area contributed by atoms with Gasteiger partial charge in [0.1, 0.15) is 0 Å². The third-order valence-electron chi connectivity index (χ3n) is 1.72. The average molecular weight is 179 g/mol. The average Bonchev–Trinajstić information content (AvgIpc) is 2.50. The van der Waals surface area contributed by atoms with E-state index >= 15 is 0 Å². The van der Waals surface area contributed by atoms with Crippen LogP contribution in [0.2, 0.25) is 0 Å². The van der Waals surface area contributed by atoms with Gasteiger partial charge in [0.2, 0.25) is 0 Å². The normalized spacial score (nSPS) is 24.3. The molecular weight excluding hydrogens is 164 g/mol. The lowest BCUT2D eigenvalue weighted by atomic mass is 10.3. The number of hydrogen-bond donors (Lipinski definition) is 0. The number of unbranched alkanes of at least 4 members (excludes halogenated alkanes) is 1. The smallest absolute Gasteiger partial charge is 0.157 e. The van der Waals surface area contributed by atoms with Crippen LogP contribution in [0.1, 0.15) is 25.7 Å². The molecule has 0 aliphatic carbocycles. The van der Waals surface area contributed by atoms with Crippen molar-refractivity contribution in [1.82, 2.24) is 0 Å². The third-order valence-corrected chi connectivity index (χ3v) is 1.99. The van der Waals surface area contributed by atoms with Gasteiger partial charge in [-0.05, 0) is 19.3 Å². The fourth-order valence-corrected chi connectivity index (χ4v) is 1.28. The Balaban J connectivity index is 1.86. The number of hydrogen-bond acceptors (Lipinski definition) is 2. The van der Waals surface area contributed by atoms with Gasteiger partial charge in [-0.1, -0.05) is 0 Å². The first-order valence-corrected chi connectivity index (χ1v) is 4.76. The van der Waals surface area contributed by atoms with Crippen LogP contribution in [0, 0.1) is 0 Å². The van der Waals surface area contributed by atoms with Crippen LogP contribution < -0.4 is 0 Å². The van der Waals surface area contributed by atoms with E-state index < -0.39 is 0 Å². The van der Waals surface area contributed by atoms with Gasteiger partial charge in [-0.2, -0.15) is 0 Å². The summed E-state index contributed by atoms with van der Waals surface area (Å²) >= 11 is 5.51. The molecule has 1 unspecified atom stereocenters. The van der Waals surface area contributed by atoms with E-state index in [2.05, 4.69) is 0 Å². The van der Waals surface area contributed by atoms with Gasteiger partial charge in [-0.25, -0.2) is 0 Å². The second-order valence-electron chi connectivity index (χ2n) is 2.71. The quantitative estimate of drug-likeness (QED) is 0.475. The largest absolute Gasteiger partial charge is 0.353 e. The van der Waals surface area contributed by atoms with Crippen LogP contribution in [0.25, 0.3) is 0 Å². The fourth-order valence-electron chi connectivity index (χ4n) is 1.09. The van der Waals surface area contributed by atoms with Crippen LogP contribution in [0.15, 0.2) is 0 Å². The molecule has 3 heteroatoms. The summed E-state index contributed by atoms with van der Waals surface area (Å²) in [6, 6.07) is 0. The molecule has 1 fully saturated rings. The second-order valence-corrected chi connectivity index (χ2v) is 3.09. The first kappa shape index (κ1) is 9.30. The highest BCUT2D eigenvalue weighted by Gasteiger charge is 2.14. The lowest BCUT2D eigenvalue weighted by molar-refractivity contribution is -0.111. The van der Waals surface area contributed by atoms with Crippen LogP contribution in [0.4, 0.5) is 0 Å². The van der Waals surface area contributed by atoms with Crippen LogP contribution in [-0.4, -0.2) is 25.4 Å². The molecule has 0 aromatic carbocycles. The summed E-state index contributed by atoms with van der Waals surface area (Å²) in [5.41, 5.74) is 0. The minimum atomic E-state index is 0.0744. The Morgan fingerprint density at radius 3 is 3.00 bits per heavy atom. The molecule has 0 aromatic rings. The van der Waals surface area contributed by atoms with Gasteiger partial charge in [0.25, 0.3) is 0 Å². The molecule has 2 nitrogen and oxygen atoms in total. The summed E-state index contributed by atoms with van der Waals surface area (Å²) in [6.07, 6.45) is 4.35. The lowest BCUT2D eigenvalue weighted by Gasteiger charge is -2.09. The molecule has 0 bridgehead atoms. The van der Waals surface area contributed by atoms with Gasteiger partial charge in [0.15, 0.2) is 6.29 Å². The molecule has 1 rings (SSSR count). The highest BCUT2D eigenvalue weighted by atomic mass is 35.5. The highest BCUT2D eigenvalue weighted by molar-refractivity contribution is 6.17. The monoisotopic (exact) mass is 178 g/mol. The zero-order valence-corrected chi connectivity index (χ0v) is 7.48. The molecule has 1 atom stereocenters. The Morgan fingerprint density at radius 2 is 2.36 bits per heavy atom. The van der Waals surface area contributed by atoms with Crippen molar-refractivity contribution in [3.05, 3.63) is 0 Å². The molecule has 1 aliphatic heterocycles. The predicted octanol–water partition coefficient (Wildman–Crippen LogP) is 2.16. The molecule has 0 aromatic heterocycles. The van der Waals surface area contributed by atoms with E-state index in [0.29, 0.717) is 0 Å². The maximum absolute atomic E-state index is 5.51. The molecule has 0 radical (unpaired) electrons. The van der Waals surface area contributed by atoms with Crippen molar-refractivity contribution in [2.75, 3.05) is 19.1 Å². The van der Waals surface area contributed by atoms with Crippen molar-refractivity contribution < 1.29 is 9.47 Å². The minimum absolute atomic E-state index is 0.0744. The van der Waals surface area contributed by atoms with Gasteiger partial charge in [-0.15, -0.1) is 11.6 Å². The van der Waals surface area contributed by atoms with E-state index in [1.807, 2.05) is 0 Å². The summed E-state index contributed by atoms with van der Waals surface area (Å²) in [5, 5.41) is 0. The Labute approximate surface area is 72.8 Å². The zero-order chi connectivity index (χ0) is 7.94. The van der Waals surface area contributed by atoms with Gasteiger partial charge in [-0.3, -0.25) is 0 Å². The van der Waals surface area contributed by atoms with Gasteiger partial charge in [0, 0.05) is 25.5 Å². The van der Waals surface area contributed by atoms with Crippen molar-refractivity contribution in [1.29, 1.82) is 0 Å². The first-order chi connectivity index (χ1) is 5.43. The number of ether oxygens (including phenoxy) is 2. The van der Waals surface area contributed by atoms with E-state index in [9.17, 15) is 0 Å². The molecule has 11 heavy (non-hydrogen) atoms.